The van der Waals surface area contributed by atoms with Crippen molar-refractivity contribution in [2.45, 2.75) is 126 Å². The Morgan fingerprint density at radius 2 is 1.46 bits per heavy atom. The second-order valence-corrected chi connectivity index (χ2v) is 18.5. The van der Waals surface area contributed by atoms with Crippen molar-refractivity contribution in [1.29, 1.82) is 0 Å². The molecule has 0 aromatic heterocycles. The zero-order valence-electron chi connectivity index (χ0n) is 38.6. The SMILES string of the molecule is CC(C)CC(CC(=O)NO)C(=O)N[C@@H](CCCN=C(N)N)C(=O)N[C@@H](Cc1ccc(O)cc1)C(=O)NCC(=O)NCC(=O)N[C@@H](CCCCNC(=O)CCCC[C@@H]1SC[C@@H]2NC(=O)N[C@@H]21)C(N)=O. The molecule has 2 heterocycles. The Balaban J connectivity index is 1.48. The summed E-state index contributed by atoms with van der Waals surface area (Å²) in [5, 5.41) is 40.5. The van der Waals surface area contributed by atoms with Gasteiger partial charge in [-0.15, -0.1) is 0 Å². The number of thioether (sulfide) groups is 1. The summed E-state index contributed by atoms with van der Waals surface area (Å²) in [6.07, 6.45) is 3.98. The normalized spacial score (nSPS) is 17.7. The first kappa shape index (κ1) is 56.0. The summed E-state index contributed by atoms with van der Waals surface area (Å²) in [5.74, 6) is -5.74. The molecule has 68 heavy (non-hydrogen) atoms. The monoisotopic (exact) mass is 975 g/mol. The number of carbonyl (C=O) groups is 9. The van der Waals surface area contributed by atoms with Crippen molar-refractivity contribution in [3.05, 3.63) is 29.8 Å². The lowest BCUT2D eigenvalue weighted by atomic mass is 9.92. The molecule has 3 rings (SSSR count). The number of nitrogens with zero attached hydrogens (tertiary/aromatic N) is 1. The van der Waals surface area contributed by atoms with Crippen molar-refractivity contribution < 1.29 is 53.5 Å². The van der Waals surface area contributed by atoms with Crippen LogP contribution in [-0.4, -0.2) is 137 Å². The van der Waals surface area contributed by atoms with Crippen LogP contribution in [0.15, 0.2) is 29.3 Å². The van der Waals surface area contributed by atoms with Gasteiger partial charge in [0.15, 0.2) is 5.96 Å². The van der Waals surface area contributed by atoms with Gasteiger partial charge >= 0.3 is 6.03 Å². The highest BCUT2D eigenvalue weighted by atomic mass is 32.2. The lowest BCUT2D eigenvalue weighted by Gasteiger charge is -2.25. The molecule has 0 radical (unpaired) electrons. The molecule has 0 spiro atoms. The number of nitrogens with two attached hydrogens (primary N) is 3. The molecule has 24 nitrogen and oxygen atoms in total. The van der Waals surface area contributed by atoms with Crippen LogP contribution in [0.5, 0.6) is 5.75 Å². The van der Waals surface area contributed by atoms with Crippen molar-refractivity contribution in [2.75, 3.05) is 31.9 Å². The standard InChI is InChI=1S/C43H69N13O11S/c1-24(2)18-26(20-34(59)56-67)39(63)52-29(9-7-17-48-42(45)46)41(65)53-30(19-25-12-14-27(57)15-13-25)40(64)50-21-35(60)49-22-36(61)51-28(38(44)62)8-5-6-16-47-33(58)11-4-3-10-32-37-31(23-68-32)54-43(66)55-37/h12-15,24,26,28-32,37,57,67H,3-11,16-23H2,1-2H3,(H2,44,62)(H,47,58)(H,49,60)(H,50,64)(H,51,61)(H,52,63)(H,53,65)(H,56,59)(H4,45,46,48)(H2,54,55,66)/t26?,28-,29-,30-,31-,32-,37-/m0/s1. The van der Waals surface area contributed by atoms with Gasteiger partial charge in [0.25, 0.3) is 0 Å². The first-order valence-corrected chi connectivity index (χ1v) is 23.8. The number of phenols is 1. The Labute approximate surface area is 399 Å². The van der Waals surface area contributed by atoms with E-state index in [4.69, 9.17) is 22.4 Å². The number of rotatable bonds is 31. The maximum atomic E-state index is 13.8. The average molecular weight is 976 g/mol. The molecule has 2 saturated heterocycles. The summed E-state index contributed by atoms with van der Waals surface area (Å²) < 4.78 is 0. The number of aliphatic imine (C=N–C) groups is 1. The number of hydroxylamine groups is 1. The Morgan fingerprint density at radius 1 is 0.765 bits per heavy atom. The van der Waals surface area contributed by atoms with Gasteiger partial charge in [-0.2, -0.15) is 11.8 Å². The van der Waals surface area contributed by atoms with Crippen LogP contribution in [-0.2, 0) is 44.8 Å². The predicted octanol–water partition coefficient (Wildman–Crippen LogP) is -2.27. The number of unbranched alkanes of at least 4 members (excludes halogenated alkanes) is 2. The van der Waals surface area contributed by atoms with Gasteiger partial charge in [-0.1, -0.05) is 32.4 Å². The maximum absolute atomic E-state index is 13.8. The zero-order valence-corrected chi connectivity index (χ0v) is 39.4. The van der Waals surface area contributed by atoms with E-state index in [2.05, 4.69) is 47.5 Å². The quantitative estimate of drug-likeness (QED) is 0.00933. The van der Waals surface area contributed by atoms with Crippen LogP contribution in [0.2, 0.25) is 0 Å². The molecule has 0 saturated carbocycles. The van der Waals surface area contributed by atoms with Crippen LogP contribution in [0.4, 0.5) is 4.79 Å². The highest BCUT2D eigenvalue weighted by Crippen LogP contribution is 2.33. The third kappa shape index (κ3) is 21.1. The largest absolute Gasteiger partial charge is 0.508 e. The fourth-order valence-corrected chi connectivity index (χ4v) is 9.20. The molecule has 7 atom stereocenters. The molecular weight excluding hydrogens is 907 g/mol. The van der Waals surface area contributed by atoms with E-state index in [-0.39, 0.29) is 86.7 Å². The number of phenolic OH excluding ortho intramolecular Hbond substituents is 1. The van der Waals surface area contributed by atoms with Gasteiger partial charge < -0.3 is 64.8 Å². The van der Waals surface area contributed by atoms with Crippen molar-refractivity contribution >= 4 is 71.0 Å². The van der Waals surface area contributed by atoms with E-state index in [0.29, 0.717) is 43.0 Å². The number of hydrogen-bond donors (Lipinski definition) is 14. The summed E-state index contributed by atoms with van der Waals surface area (Å²) in [4.78, 5) is 118. The number of urea groups is 1. The van der Waals surface area contributed by atoms with Crippen LogP contribution < -0.4 is 65.2 Å². The van der Waals surface area contributed by atoms with Gasteiger partial charge in [0.05, 0.1) is 25.2 Å². The lowest BCUT2D eigenvalue weighted by Crippen LogP contribution is -2.56. The van der Waals surface area contributed by atoms with Crippen molar-refractivity contribution in [3.63, 3.8) is 0 Å². The molecule has 10 amide bonds. The van der Waals surface area contributed by atoms with Crippen LogP contribution in [0.25, 0.3) is 0 Å². The second-order valence-electron chi connectivity index (χ2n) is 17.2. The lowest BCUT2D eigenvalue weighted by molar-refractivity contribution is -0.137. The van der Waals surface area contributed by atoms with E-state index in [0.717, 1.165) is 18.6 Å². The third-order valence-electron chi connectivity index (χ3n) is 11.1. The molecule has 17 N–H and O–H groups in total. The Hall–Kier alpha value is -6.37. The topological polar surface area (TPSA) is 393 Å². The molecule has 1 aromatic rings. The number of nitrogens with one attached hydrogen (secondary N) is 9. The summed E-state index contributed by atoms with van der Waals surface area (Å²) in [6.45, 7) is 2.94. The van der Waals surface area contributed by atoms with E-state index in [1.54, 1.807) is 0 Å². The Kier molecular flexibility index (Phi) is 24.2. The van der Waals surface area contributed by atoms with Crippen molar-refractivity contribution in [1.82, 2.24) is 48.0 Å². The number of benzene rings is 1. The van der Waals surface area contributed by atoms with Crippen LogP contribution >= 0.6 is 11.8 Å². The average Bonchev–Trinajstić information content (AvgIpc) is 3.85. The van der Waals surface area contributed by atoms with Crippen LogP contribution in [0.3, 0.4) is 0 Å². The molecule has 2 fully saturated rings. The number of guanidine groups is 1. The first-order chi connectivity index (χ1) is 32.3. The minimum Gasteiger partial charge on any atom is -0.508 e. The number of primary amides is 1. The maximum Gasteiger partial charge on any atom is 0.315 e. The van der Waals surface area contributed by atoms with E-state index in [9.17, 15) is 48.3 Å². The van der Waals surface area contributed by atoms with Crippen LogP contribution in [0, 0.1) is 11.8 Å². The fraction of sp³-hybridized carbons (Fsp3) is 0.628. The first-order valence-electron chi connectivity index (χ1n) is 22.8. The summed E-state index contributed by atoms with van der Waals surface area (Å²) in [6, 6.07) is 2.34. The van der Waals surface area contributed by atoms with E-state index in [1.165, 1.54) is 29.7 Å². The summed E-state index contributed by atoms with van der Waals surface area (Å²) >= 11 is 1.83. The molecule has 0 aliphatic carbocycles. The van der Waals surface area contributed by atoms with Gasteiger partial charge in [0, 0.05) is 49.3 Å². The number of hydrogen-bond acceptors (Lipinski definition) is 13. The van der Waals surface area contributed by atoms with Gasteiger partial charge in [-0.05, 0) is 75.0 Å². The number of fused-ring (bicyclic) bond motifs is 1. The van der Waals surface area contributed by atoms with Gasteiger partial charge in [-0.3, -0.25) is 48.6 Å². The van der Waals surface area contributed by atoms with E-state index >= 15 is 0 Å². The molecule has 2 aliphatic heterocycles. The molecule has 2 aliphatic rings. The number of carbonyl (C=O) groups excluding carboxylic acids is 9. The highest BCUT2D eigenvalue weighted by Gasteiger charge is 2.42. The second kappa shape index (κ2) is 29.4. The fourth-order valence-electron chi connectivity index (χ4n) is 7.66. The molecule has 1 unspecified atom stereocenters. The van der Waals surface area contributed by atoms with Gasteiger partial charge in [-0.25, -0.2) is 10.3 Å². The van der Waals surface area contributed by atoms with Crippen molar-refractivity contribution in [3.8, 4) is 5.75 Å². The summed E-state index contributed by atoms with van der Waals surface area (Å²) in [5.41, 5.74) is 18.4. The minimum atomic E-state index is -1.33. The number of aromatic hydroxyl groups is 1. The molecule has 378 valence electrons. The summed E-state index contributed by atoms with van der Waals surface area (Å²) in [7, 11) is 0. The van der Waals surface area contributed by atoms with Gasteiger partial charge in [0.1, 0.15) is 23.9 Å². The molecule has 0 bridgehead atoms. The predicted molar refractivity (Wildman–Crippen MR) is 251 cm³/mol. The molecule has 1 aromatic carbocycles. The van der Waals surface area contributed by atoms with E-state index in [1.807, 2.05) is 25.6 Å². The molecule has 25 heteroatoms. The highest BCUT2D eigenvalue weighted by molar-refractivity contribution is 8.00. The van der Waals surface area contributed by atoms with Crippen LogP contribution in [0.1, 0.15) is 90.0 Å². The minimum absolute atomic E-state index is 0.00652. The van der Waals surface area contributed by atoms with Gasteiger partial charge in [0.2, 0.25) is 47.3 Å². The molecular formula is C43H69N13O11S. The third-order valence-corrected chi connectivity index (χ3v) is 12.6. The smallest absolute Gasteiger partial charge is 0.315 e. The Morgan fingerprint density at radius 3 is 2.13 bits per heavy atom. The number of amides is 10. The zero-order chi connectivity index (χ0) is 50.2. The Bertz CT molecular complexity index is 1920. The van der Waals surface area contributed by atoms with Crippen molar-refractivity contribution in [2.24, 2.45) is 34.0 Å². The van der Waals surface area contributed by atoms with E-state index < -0.39 is 78.5 Å².